The number of hydrogen-bond donors (Lipinski definition) is 1. The van der Waals surface area contributed by atoms with Gasteiger partial charge in [0.1, 0.15) is 6.54 Å². The van der Waals surface area contributed by atoms with Crippen molar-refractivity contribution in [1.82, 2.24) is 15.1 Å². The molecule has 23 heavy (non-hydrogen) atoms. The predicted octanol–water partition coefficient (Wildman–Crippen LogP) is 1.27. The molecule has 0 atom stereocenters. The minimum Gasteiger partial charge on any atom is -0.382 e. The quantitative estimate of drug-likeness (QED) is 0.428. The number of nitrogens with zero attached hydrogens (tertiary/aromatic N) is 3. The minimum absolute atomic E-state index is 0.0178. The Morgan fingerprint density at radius 1 is 1.43 bits per heavy atom. The Labute approximate surface area is 145 Å². The molecule has 0 aromatic heterocycles. The number of likely N-dealkylation sites (N-methyl/N-ethyl adjacent to an activating group) is 1. The number of thioether (sulfide) groups is 1. The van der Waals surface area contributed by atoms with Crippen molar-refractivity contribution in [2.24, 2.45) is 4.99 Å². The van der Waals surface area contributed by atoms with Crippen LogP contribution in [0, 0.1) is 0 Å². The summed E-state index contributed by atoms with van der Waals surface area (Å²) in [5.41, 5.74) is 0. The highest BCUT2D eigenvalue weighted by Crippen LogP contribution is 2.29. The van der Waals surface area contributed by atoms with Gasteiger partial charge in [-0.3, -0.25) is 4.79 Å². The molecule has 1 N–H and O–H groups in total. The van der Waals surface area contributed by atoms with Gasteiger partial charge >= 0.3 is 0 Å². The second-order valence-electron chi connectivity index (χ2n) is 6.43. The molecule has 1 saturated heterocycles. The third-order valence-corrected chi connectivity index (χ3v) is 4.84. The van der Waals surface area contributed by atoms with Gasteiger partial charge in [-0.2, -0.15) is 11.8 Å². The number of carbonyl (C=O) groups excluding carboxylic acids is 1. The van der Waals surface area contributed by atoms with Gasteiger partial charge in [0.25, 0.3) is 0 Å². The van der Waals surface area contributed by atoms with E-state index in [1.807, 2.05) is 18.7 Å². The Morgan fingerprint density at radius 2 is 2.17 bits per heavy atom. The first-order valence-electron chi connectivity index (χ1n) is 8.31. The van der Waals surface area contributed by atoms with E-state index in [0.29, 0.717) is 0 Å². The monoisotopic (exact) mass is 344 g/mol. The summed E-state index contributed by atoms with van der Waals surface area (Å²) in [6.45, 7) is 10.9. The van der Waals surface area contributed by atoms with Crippen LogP contribution in [0.2, 0.25) is 0 Å². The highest BCUT2D eigenvalue weighted by molar-refractivity contribution is 8.00. The van der Waals surface area contributed by atoms with E-state index in [-0.39, 0.29) is 17.2 Å². The average molecular weight is 345 g/mol. The number of carbonyl (C=O) groups is 1. The van der Waals surface area contributed by atoms with Crippen LogP contribution in [0.25, 0.3) is 0 Å². The lowest BCUT2D eigenvalue weighted by Gasteiger charge is -2.39. The lowest BCUT2D eigenvalue weighted by atomic mass is 10.2. The van der Waals surface area contributed by atoms with Gasteiger partial charge in [-0.25, -0.2) is 4.99 Å². The molecule has 0 aliphatic carbocycles. The number of guanidine groups is 1. The van der Waals surface area contributed by atoms with Crippen LogP contribution < -0.4 is 5.32 Å². The molecule has 1 heterocycles. The Balaban J connectivity index is 2.63. The van der Waals surface area contributed by atoms with Crippen LogP contribution >= 0.6 is 11.8 Å². The molecule has 1 aliphatic rings. The van der Waals surface area contributed by atoms with Gasteiger partial charge in [0.2, 0.25) is 5.91 Å². The lowest BCUT2D eigenvalue weighted by molar-refractivity contribution is -0.127. The van der Waals surface area contributed by atoms with Gasteiger partial charge in [-0.05, 0) is 27.2 Å². The maximum atomic E-state index is 11.8. The van der Waals surface area contributed by atoms with Gasteiger partial charge in [-0.1, -0.05) is 0 Å². The van der Waals surface area contributed by atoms with Gasteiger partial charge in [0.05, 0.1) is 0 Å². The molecule has 0 bridgehead atoms. The van der Waals surface area contributed by atoms with Crippen molar-refractivity contribution >= 4 is 23.6 Å². The maximum Gasteiger partial charge on any atom is 0.243 e. The van der Waals surface area contributed by atoms with E-state index in [0.717, 1.165) is 51.0 Å². The van der Waals surface area contributed by atoms with E-state index < -0.39 is 0 Å². The van der Waals surface area contributed by atoms with Crippen LogP contribution in [0.4, 0.5) is 0 Å². The molecule has 1 fully saturated rings. The van der Waals surface area contributed by atoms with Crippen LogP contribution in [0.3, 0.4) is 0 Å². The van der Waals surface area contributed by atoms with Crippen molar-refractivity contribution in [3.8, 4) is 0 Å². The van der Waals surface area contributed by atoms with E-state index in [9.17, 15) is 4.79 Å². The SMILES string of the molecule is CCOCCCNC(=NCC(=O)N(C)C)N1CCSC(C)(C)C1. The summed E-state index contributed by atoms with van der Waals surface area (Å²) in [5, 5.41) is 3.40. The molecule has 1 rings (SSSR count). The van der Waals surface area contributed by atoms with Crippen LogP contribution in [0.15, 0.2) is 4.99 Å². The zero-order valence-corrected chi connectivity index (χ0v) is 16.0. The first kappa shape index (κ1) is 20.1. The Morgan fingerprint density at radius 3 is 2.78 bits per heavy atom. The van der Waals surface area contributed by atoms with Gasteiger partial charge in [-0.15, -0.1) is 0 Å². The zero-order chi connectivity index (χ0) is 17.3. The van der Waals surface area contributed by atoms with Crippen LogP contribution in [-0.4, -0.2) is 85.7 Å². The number of ether oxygens (including phenoxy) is 1. The van der Waals surface area contributed by atoms with E-state index in [1.165, 1.54) is 0 Å². The second kappa shape index (κ2) is 10.0. The lowest BCUT2D eigenvalue weighted by Crippen LogP contribution is -2.51. The molecule has 134 valence electrons. The van der Waals surface area contributed by atoms with Gasteiger partial charge < -0.3 is 19.9 Å². The fourth-order valence-electron chi connectivity index (χ4n) is 2.27. The van der Waals surface area contributed by atoms with Gasteiger partial charge in [0.15, 0.2) is 5.96 Å². The first-order chi connectivity index (χ1) is 10.9. The first-order valence-corrected chi connectivity index (χ1v) is 9.29. The topological polar surface area (TPSA) is 57.2 Å². The van der Waals surface area contributed by atoms with Crippen molar-refractivity contribution in [2.75, 3.05) is 59.2 Å². The Hall–Kier alpha value is -0.950. The molecule has 6 nitrogen and oxygen atoms in total. The molecular formula is C16H32N4O2S. The number of aliphatic imine (C=N–C) groups is 1. The summed E-state index contributed by atoms with van der Waals surface area (Å²) in [7, 11) is 3.52. The third-order valence-electron chi connectivity index (χ3n) is 3.54. The summed E-state index contributed by atoms with van der Waals surface area (Å²) in [6.07, 6.45) is 0.931. The van der Waals surface area contributed by atoms with E-state index in [2.05, 4.69) is 29.1 Å². The molecular weight excluding hydrogens is 312 g/mol. The summed E-state index contributed by atoms with van der Waals surface area (Å²) in [5.74, 6) is 1.93. The predicted molar refractivity (Wildman–Crippen MR) is 98.2 cm³/mol. The molecule has 0 aromatic rings. The molecule has 1 amide bonds. The molecule has 0 saturated carbocycles. The van der Waals surface area contributed by atoms with Crippen molar-refractivity contribution in [3.63, 3.8) is 0 Å². The molecule has 1 aliphatic heterocycles. The molecule has 7 heteroatoms. The normalized spacial score (nSPS) is 18.0. The smallest absolute Gasteiger partial charge is 0.243 e. The highest BCUT2D eigenvalue weighted by Gasteiger charge is 2.28. The molecule has 0 radical (unpaired) electrons. The fourth-order valence-corrected chi connectivity index (χ4v) is 3.38. The molecule has 0 spiro atoms. The van der Waals surface area contributed by atoms with E-state index in [1.54, 1.807) is 19.0 Å². The van der Waals surface area contributed by atoms with Crippen molar-refractivity contribution in [2.45, 2.75) is 31.9 Å². The number of amides is 1. The summed E-state index contributed by atoms with van der Waals surface area (Å²) in [6, 6.07) is 0. The number of rotatable bonds is 7. The fraction of sp³-hybridized carbons (Fsp3) is 0.875. The van der Waals surface area contributed by atoms with E-state index >= 15 is 0 Å². The largest absolute Gasteiger partial charge is 0.382 e. The van der Waals surface area contributed by atoms with Crippen molar-refractivity contribution in [1.29, 1.82) is 0 Å². The van der Waals surface area contributed by atoms with Gasteiger partial charge in [0, 0.05) is 57.4 Å². The van der Waals surface area contributed by atoms with Crippen molar-refractivity contribution < 1.29 is 9.53 Å². The van der Waals surface area contributed by atoms with E-state index in [4.69, 9.17) is 4.74 Å². The standard InChI is InChI=1S/C16H32N4O2S/c1-6-22-10-7-8-17-15(18-12-14(21)19(4)5)20-9-11-23-16(2,3)13-20/h6-13H2,1-5H3,(H,17,18). The third kappa shape index (κ3) is 7.92. The average Bonchev–Trinajstić information content (AvgIpc) is 2.48. The second-order valence-corrected chi connectivity index (χ2v) is 8.24. The molecule has 0 unspecified atom stereocenters. The maximum absolute atomic E-state index is 11.8. The molecule has 0 aromatic carbocycles. The Kier molecular flexibility index (Phi) is 8.76. The van der Waals surface area contributed by atoms with Crippen LogP contribution in [-0.2, 0) is 9.53 Å². The van der Waals surface area contributed by atoms with Crippen molar-refractivity contribution in [3.05, 3.63) is 0 Å². The Bertz CT molecular complexity index is 400. The summed E-state index contributed by atoms with van der Waals surface area (Å²) in [4.78, 5) is 20.2. The summed E-state index contributed by atoms with van der Waals surface area (Å²) < 4.78 is 5.57. The summed E-state index contributed by atoms with van der Waals surface area (Å²) >= 11 is 1.99. The zero-order valence-electron chi connectivity index (χ0n) is 15.2. The van der Waals surface area contributed by atoms with Crippen LogP contribution in [0.1, 0.15) is 27.2 Å². The minimum atomic E-state index is 0.0178. The number of hydrogen-bond acceptors (Lipinski definition) is 4. The highest BCUT2D eigenvalue weighted by atomic mass is 32.2. The number of nitrogens with one attached hydrogen (secondary N) is 1. The van der Waals surface area contributed by atoms with Crippen LogP contribution in [0.5, 0.6) is 0 Å².